The van der Waals surface area contributed by atoms with Crippen LogP contribution in [0.15, 0.2) is 22.2 Å². The van der Waals surface area contributed by atoms with Crippen LogP contribution in [0.5, 0.6) is 0 Å². The van der Waals surface area contributed by atoms with Crippen LogP contribution in [-0.2, 0) is 5.75 Å². The van der Waals surface area contributed by atoms with Crippen molar-refractivity contribution in [2.75, 3.05) is 0 Å². The van der Waals surface area contributed by atoms with E-state index in [9.17, 15) is 0 Å². The normalized spacial score (nSPS) is 10.4. The summed E-state index contributed by atoms with van der Waals surface area (Å²) in [7, 11) is 0. The fraction of sp³-hybridized carbons (Fsp3) is 0.143. The highest BCUT2D eigenvalue weighted by Gasteiger charge is 2.06. The molecular formula is C7H6N2OS2. The van der Waals surface area contributed by atoms with Gasteiger partial charge >= 0.3 is 0 Å². The SMILES string of the molecule is SCc1cc(-c2nccs2)on1. The molecule has 0 atom stereocenters. The maximum Gasteiger partial charge on any atom is 0.195 e. The molecule has 0 N–H and O–H groups in total. The third-order valence-electron chi connectivity index (χ3n) is 1.36. The molecule has 0 unspecified atom stereocenters. The van der Waals surface area contributed by atoms with E-state index in [0.29, 0.717) is 11.5 Å². The van der Waals surface area contributed by atoms with Gasteiger partial charge in [0.1, 0.15) is 0 Å². The predicted molar refractivity (Wildman–Crippen MR) is 50.3 cm³/mol. The molecule has 0 aliphatic rings. The van der Waals surface area contributed by atoms with Gasteiger partial charge in [0.25, 0.3) is 0 Å². The van der Waals surface area contributed by atoms with Gasteiger partial charge in [0, 0.05) is 23.4 Å². The largest absolute Gasteiger partial charge is 0.353 e. The molecule has 0 radical (unpaired) electrons. The van der Waals surface area contributed by atoms with Gasteiger partial charge in [-0.25, -0.2) is 4.98 Å². The zero-order chi connectivity index (χ0) is 8.39. The maximum atomic E-state index is 5.05. The Morgan fingerprint density at radius 3 is 3.08 bits per heavy atom. The minimum Gasteiger partial charge on any atom is -0.353 e. The first-order valence-corrected chi connectivity index (χ1v) is 4.87. The van der Waals surface area contributed by atoms with Crippen LogP contribution in [0.25, 0.3) is 10.8 Å². The van der Waals surface area contributed by atoms with Gasteiger partial charge in [0.05, 0.1) is 5.69 Å². The zero-order valence-corrected chi connectivity index (χ0v) is 7.81. The molecule has 2 aromatic rings. The van der Waals surface area contributed by atoms with Crippen molar-refractivity contribution in [3.8, 4) is 10.8 Å². The highest BCUT2D eigenvalue weighted by Crippen LogP contribution is 2.22. The van der Waals surface area contributed by atoms with E-state index in [2.05, 4.69) is 22.8 Å². The van der Waals surface area contributed by atoms with Crippen molar-refractivity contribution in [2.24, 2.45) is 0 Å². The van der Waals surface area contributed by atoms with Gasteiger partial charge in [-0.05, 0) is 0 Å². The summed E-state index contributed by atoms with van der Waals surface area (Å²) in [5.41, 5.74) is 0.837. The first-order chi connectivity index (χ1) is 5.90. The van der Waals surface area contributed by atoms with E-state index in [4.69, 9.17) is 4.52 Å². The summed E-state index contributed by atoms with van der Waals surface area (Å²) in [6, 6.07) is 1.85. The van der Waals surface area contributed by atoms with E-state index in [-0.39, 0.29) is 0 Å². The Hall–Kier alpha value is -0.810. The molecule has 5 heteroatoms. The highest BCUT2D eigenvalue weighted by atomic mass is 32.1. The molecule has 0 aliphatic carbocycles. The van der Waals surface area contributed by atoms with Crippen LogP contribution in [0.1, 0.15) is 5.69 Å². The Labute approximate surface area is 78.8 Å². The number of rotatable bonds is 2. The Bertz CT molecular complexity index is 355. The molecule has 62 valence electrons. The fourth-order valence-electron chi connectivity index (χ4n) is 0.832. The number of hydrogen-bond acceptors (Lipinski definition) is 5. The molecule has 0 bridgehead atoms. The average molecular weight is 198 g/mol. The molecule has 12 heavy (non-hydrogen) atoms. The number of aromatic nitrogens is 2. The lowest BCUT2D eigenvalue weighted by atomic mass is 10.4. The van der Waals surface area contributed by atoms with E-state index in [1.54, 1.807) is 6.20 Å². The van der Waals surface area contributed by atoms with Crippen LogP contribution in [0.4, 0.5) is 0 Å². The van der Waals surface area contributed by atoms with E-state index >= 15 is 0 Å². The molecular weight excluding hydrogens is 192 g/mol. The second kappa shape index (κ2) is 3.28. The summed E-state index contributed by atoms with van der Waals surface area (Å²) in [6.07, 6.45) is 1.74. The molecule has 2 heterocycles. The smallest absolute Gasteiger partial charge is 0.195 e. The summed E-state index contributed by atoms with van der Waals surface area (Å²) in [4.78, 5) is 4.09. The number of thiazole rings is 1. The van der Waals surface area contributed by atoms with Crippen LogP contribution in [0, 0.1) is 0 Å². The summed E-state index contributed by atoms with van der Waals surface area (Å²) in [5.74, 6) is 1.31. The monoisotopic (exact) mass is 198 g/mol. The Morgan fingerprint density at radius 1 is 1.58 bits per heavy atom. The Balaban J connectivity index is 2.35. The highest BCUT2D eigenvalue weighted by molar-refractivity contribution is 7.79. The molecule has 0 aromatic carbocycles. The van der Waals surface area contributed by atoms with Gasteiger partial charge in [0.2, 0.25) is 0 Å². The first kappa shape index (κ1) is 7.82. The van der Waals surface area contributed by atoms with Crippen molar-refractivity contribution >= 4 is 24.0 Å². The third-order valence-corrected chi connectivity index (χ3v) is 2.48. The lowest BCUT2D eigenvalue weighted by Gasteiger charge is -1.81. The number of thiol groups is 1. The summed E-state index contributed by atoms with van der Waals surface area (Å²) in [6.45, 7) is 0. The second-order valence-corrected chi connectivity index (χ2v) is 3.39. The molecule has 2 rings (SSSR count). The summed E-state index contributed by atoms with van der Waals surface area (Å²) < 4.78 is 5.05. The third kappa shape index (κ3) is 1.37. The van der Waals surface area contributed by atoms with Crippen molar-refractivity contribution in [1.29, 1.82) is 0 Å². The van der Waals surface area contributed by atoms with Crippen LogP contribution >= 0.6 is 24.0 Å². The molecule has 0 spiro atoms. The number of nitrogens with zero attached hydrogens (tertiary/aromatic N) is 2. The molecule has 0 fully saturated rings. The zero-order valence-electron chi connectivity index (χ0n) is 6.10. The summed E-state index contributed by atoms with van der Waals surface area (Å²) >= 11 is 5.61. The molecule has 0 saturated carbocycles. The van der Waals surface area contributed by atoms with Gasteiger partial charge in [-0.3, -0.25) is 0 Å². The lowest BCUT2D eigenvalue weighted by Crippen LogP contribution is -1.71. The molecule has 0 saturated heterocycles. The van der Waals surface area contributed by atoms with Gasteiger partial charge in [-0.2, -0.15) is 12.6 Å². The van der Waals surface area contributed by atoms with Crippen molar-refractivity contribution in [3.63, 3.8) is 0 Å². The van der Waals surface area contributed by atoms with Gasteiger partial charge in [-0.1, -0.05) is 5.16 Å². The number of hydrogen-bond donors (Lipinski definition) is 1. The van der Waals surface area contributed by atoms with E-state index in [1.165, 1.54) is 11.3 Å². The Morgan fingerprint density at radius 2 is 2.50 bits per heavy atom. The topological polar surface area (TPSA) is 38.9 Å². The molecule has 2 aromatic heterocycles. The average Bonchev–Trinajstić information content (AvgIpc) is 2.75. The minimum atomic E-state index is 0.592. The Kier molecular flexibility index (Phi) is 2.14. The van der Waals surface area contributed by atoms with Gasteiger partial charge < -0.3 is 4.52 Å². The first-order valence-electron chi connectivity index (χ1n) is 3.36. The minimum absolute atomic E-state index is 0.592. The summed E-state index contributed by atoms with van der Waals surface area (Å²) in [5, 5.41) is 6.56. The quantitative estimate of drug-likeness (QED) is 0.752. The molecule has 0 aliphatic heterocycles. The predicted octanol–water partition coefficient (Wildman–Crippen LogP) is 2.23. The molecule has 3 nitrogen and oxygen atoms in total. The van der Waals surface area contributed by atoms with Crippen LogP contribution in [-0.4, -0.2) is 10.1 Å². The van der Waals surface area contributed by atoms with Crippen LogP contribution in [0.2, 0.25) is 0 Å². The van der Waals surface area contributed by atoms with Crippen molar-refractivity contribution in [2.45, 2.75) is 5.75 Å². The van der Waals surface area contributed by atoms with Crippen LogP contribution < -0.4 is 0 Å². The fourth-order valence-corrected chi connectivity index (χ4v) is 1.57. The lowest BCUT2D eigenvalue weighted by molar-refractivity contribution is 0.426. The van der Waals surface area contributed by atoms with Crippen molar-refractivity contribution < 1.29 is 4.52 Å². The van der Waals surface area contributed by atoms with Gasteiger partial charge in [0.15, 0.2) is 10.8 Å². The maximum absolute atomic E-state index is 5.05. The molecule has 0 amide bonds. The van der Waals surface area contributed by atoms with E-state index in [0.717, 1.165) is 10.7 Å². The van der Waals surface area contributed by atoms with Gasteiger partial charge in [-0.15, -0.1) is 11.3 Å². The van der Waals surface area contributed by atoms with Crippen molar-refractivity contribution in [1.82, 2.24) is 10.1 Å². The van der Waals surface area contributed by atoms with Crippen LogP contribution in [0.3, 0.4) is 0 Å². The standard InChI is InChI=1S/C7H6N2OS2/c11-4-5-3-6(10-9-5)7-8-1-2-12-7/h1-3,11H,4H2. The van der Waals surface area contributed by atoms with E-state index in [1.807, 2.05) is 11.4 Å². The van der Waals surface area contributed by atoms with Crippen molar-refractivity contribution in [3.05, 3.63) is 23.3 Å². The second-order valence-electron chi connectivity index (χ2n) is 2.18. The van der Waals surface area contributed by atoms with E-state index < -0.39 is 0 Å².